The molecule has 0 bridgehead atoms. The van der Waals surface area contributed by atoms with Crippen LogP contribution < -0.4 is 4.90 Å². The first kappa shape index (κ1) is 12.8. The van der Waals surface area contributed by atoms with Gasteiger partial charge in [0.05, 0.1) is 26.6 Å². The van der Waals surface area contributed by atoms with Crippen LogP contribution in [0.3, 0.4) is 0 Å². The fourth-order valence-electron chi connectivity index (χ4n) is 1.87. The van der Waals surface area contributed by atoms with Crippen molar-refractivity contribution in [2.75, 3.05) is 38.3 Å². The summed E-state index contributed by atoms with van der Waals surface area (Å²) >= 11 is 0. The normalized spacial score (nSPS) is 16.3. The predicted octanol–water partition coefficient (Wildman–Crippen LogP) is 2.42. The van der Waals surface area contributed by atoms with Gasteiger partial charge in [-0.15, -0.1) is 0 Å². The minimum atomic E-state index is -0.593. The number of ether oxygens (including phenoxy) is 2. The summed E-state index contributed by atoms with van der Waals surface area (Å²) in [7, 11) is 1.43. The summed E-state index contributed by atoms with van der Waals surface area (Å²) in [4.78, 5) is 1.90. The quantitative estimate of drug-likeness (QED) is 0.774. The van der Waals surface area contributed by atoms with Gasteiger partial charge in [0.25, 0.3) is 0 Å². The monoisotopic (exact) mass is 255 g/mol. The molecule has 1 fully saturated rings. The van der Waals surface area contributed by atoms with Crippen molar-refractivity contribution in [3.63, 3.8) is 0 Å². The third-order valence-corrected chi connectivity index (χ3v) is 2.81. The van der Waals surface area contributed by atoms with Gasteiger partial charge >= 0.3 is 0 Å². The number of methoxy groups -OCH3 is 1. The van der Waals surface area contributed by atoms with Crippen molar-refractivity contribution in [3.8, 4) is 0 Å². The Balaban J connectivity index is 2.26. The lowest BCUT2D eigenvalue weighted by Gasteiger charge is -2.29. The van der Waals surface area contributed by atoms with Gasteiger partial charge in [-0.1, -0.05) is 0 Å². The Morgan fingerprint density at radius 3 is 2.39 bits per heavy atom. The van der Waals surface area contributed by atoms with Crippen LogP contribution in [0.2, 0.25) is 0 Å². The van der Waals surface area contributed by atoms with Crippen molar-refractivity contribution in [1.82, 2.24) is 0 Å². The van der Waals surface area contributed by atoms with Crippen molar-refractivity contribution >= 4 is 11.8 Å². The molecule has 1 saturated heterocycles. The third-order valence-electron chi connectivity index (χ3n) is 2.81. The maximum atomic E-state index is 13.8. The lowest BCUT2D eigenvalue weighted by Crippen LogP contribution is -2.36. The SMILES string of the molecule is CO/C=C\c1c(F)cc(N2CCOCC2)cc1F. The summed E-state index contributed by atoms with van der Waals surface area (Å²) in [6, 6.07) is 2.67. The smallest absolute Gasteiger partial charge is 0.135 e. The summed E-state index contributed by atoms with van der Waals surface area (Å²) in [5, 5.41) is 0. The summed E-state index contributed by atoms with van der Waals surface area (Å²) < 4.78 is 37.4. The van der Waals surface area contributed by atoms with Crippen LogP contribution in [0.4, 0.5) is 14.5 Å². The third kappa shape index (κ3) is 2.79. The molecule has 0 aliphatic carbocycles. The number of anilines is 1. The second kappa shape index (κ2) is 5.82. The Labute approximate surface area is 105 Å². The van der Waals surface area contributed by atoms with Crippen LogP contribution >= 0.6 is 0 Å². The number of morpholine rings is 1. The van der Waals surface area contributed by atoms with Gasteiger partial charge in [0.15, 0.2) is 0 Å². The molecule has 98 valence electrons. The lowest BCUT2D eigenvalue weighted by atomic mass is 10.1. The van der Waals surface area contributed by atoms with Gasteiger partial charge in [-0.25, -0.2) is 8.78 Å². The average molecular weight is 255 g/mol. The molecule has 0 unspecified atom stereocenters. The van der Waals surface area contributed by atoms with E-state index in [0.29, 0.717) is 32.0 Å². The largest absolute Gasteiger partial charge is 0.504 e. The van der Waals surface area contributed by atoms with Crippen LogP contribution in [-0.2, 0) is 9.47 Å². The van der Waals surface area contributed by atoms with E-state index < -0.39 is 11.6 Å². The molecular formula is C13H15F2NO2. The average Bonchev–Trinajstić information content (AvgIpc) is 2.39. The minimum Gasteiger partial charge on any atom is -0.504 e. The highest BCUT2D eigenvalue weighted by molar-refractivity contribution is 5.57. The molecule has 1 aromatic rings. The van der Waals surface area contributed by atoms with Gasteiger partial charge in [-0.2, -0.15) is 0 Å². The van der Waals surface area contributed by atoms with Gasteiger partial charge in [0.1, 0.15) is 11.6 Å². The van der Waals surface area contributed by atoms with Crippen molar-refractivity contribution in [3.05, 3.63) is 35.6 Å². The fraction of sp³-hybridized carbons (Fsp3) is 0.385. The highest BCUT2D eigenvalue weighted by atomic mass is 19.1. The second-order valence-electron chi connectivity index (χ2n) is 3.96. The topological polar surface area (TPSA) is 21.7 Å². The van der Waals surface area contributed by atoms with Crippen molar-refractivity contribution in [1.29, 1.82) is 0 Å². The zero-order valence-electron chi connectivity index (χ0n) is 10.2. The molecule has 0 spiro atoms. The lowest BCUT2D eigenvalue weighted by molar-refractivity contribution is 0.122. The maximum absolute atomic E-state index is 13.8. The molecular weight excluding hydrogens is 240 g/mol. The van der Waals surface area contributed by atoms with Crippen LogP contribution in [0.1, 0.15) is 5.56 Å². The van der Waals surface area contributed by atoms with E-state index in [-0.39, 0.29) is 5.56 Å². The molecule has 0 saturated carbocycles. The minimum absolute atomic E-state index is 0.0890. The first-order valence-electron chi connectivity index (χ1n) is 5.73. The van der Waals surface area contributed by atoms with Crippen molar-refractivity contribution in [2.24, 2.45) is 0 Å². The Bertz CT molecular complexity index is 420. The highest BCUT2D eigenvalue weighted by Crippen LogP contribution is 2.23. The predicted molar refractivity (Wildman–Crippen MR) is 65.4 cm³/mol. The molecule has 3 nitrogen and oxygen atoms in total. The van der Waals surface area contributed by atoms with Crippen LogP contribution in [0.25, 0.3) is 6.08 Å². The number of hydrogen-bond donors (Lipinski definition) is 0. The molecule has 0 N–H and O–H groups in total. The summed E-state index contributed by atoms with van der Waals surface area (Å²) in [6.07, 6.45) is 2.52. The van der Waals surface area contributed by atoms with Crippen molar-refractivity contribution < 1.29 is 18.3 Å². The molecule has 1 heterocycles. The van der Waals surface area contributed by atoms with E-state index in [0.717, 1.165) is 0 Å². The van der Waals surface area contributed by atoms with Crippen LogP contribution in [-0.4, -0.2) is 33.4 Å². The first-order chi connectivity index (χ1) is 8.72. The van der Waals surface area contributed by atoms with E-state index in [4.69, 9.17) is 4.74 Å². The van der Waals surface area contributed by atoms with E-state index in [1.54, 1.807) is 0 Å². The van der Waals surface area contributed by atoms with Gasteiger partial charge in [0.2, 0.25) is 0 Å². The molecule has 18 heavy (non-hydrogen) atoms. The Morgan fingerprint density at radius 1 is 1.22 bits per heavy atom. The molecule has 0 amide bonds. The number of halogens is 2. The molecule has 0 atom stereocenters. The molecule has 1 aliphatic heterocycles. The fourth-order valence-corrected chi connectivity index (χ4v) is 1.87. The van der Waals surface area contributed by atoms with Gasteiger partial charge in [-0.3, -0.25) is 0 Å². The second-order valence-corrected chi connectivity index (χ2v) is 3.96. The standard InChI is InChI=1S/C13H15F2NO2/c1-17-5-2-11-12(14)8-10(9-13(11)15)16-3-6-18-7-4-16/h2,5,8-9H,3-4,6-7H2,1H3/b5-2-. The van der Waals surface area contributed by atoms with Crippen molar-refractivity contribution in [2.45, 2.75) is 0 Å². The summed E-state index contributed by atoms with van der Waals surface area (Å²) in [5.41, 5.74) is 0.455. The van der Waals surface area contributed by atoms with Gasteiger partial charge < -0.3 is 14.4 Å². The molecule has 1 aromatic carbocycles. The van der Waals surface area contributed by atoms with E-state index in [1.807, 2.05) is 4.90 Å². The van der Waals surface area contributed by atoms with Gasteiger partial charge in [-0.05, 0) is 18.2 Å². The summed E-state index contributed by atoms with van der Waals surface area (Å²) in [5.74, 6) is -1.19. The number of nitrogens with zero attached hydrogens (tertiary/aromatic N) is 1. The summed E-state index contributed by atoms with van der Waals surface area (Å²) in [6.45, 7) is 2.45. The van der Waals surface area contributed by atoms with E-state index >= 15 is 0 Å². The number of hydrogen-bond acceptors (Lipinski definition) is 3. The van der Waals surface area contributed by atoms with E-state index in [1.165, 1.54) is 31.6 Å². The van der Waals surface area contributed by atoms with Crippen LogP contribution in [0.15, 0.2) is 18.4 Å². The zero-order chi connectivity index (χ0) is 13.0. The van der Waals surface area contributed by atoms with Crippen LogP contribution in [0.5, 0.6) is 0 Å². The molecule has 2 rings (SSSR count). The van der Waals surface area contributed by atoms with Gasteiger partial charge in [0, 0.05) is 24.3 Å². The molecule has 5 heteroatoms. The van der Waals surface area contributed by atoms with E-state index in [2.05, 4.69) is 4.74 Å². The number of rotatable bonds is 3. The van der Waals surface area contributed by atoms with Crippen LogP contribution in [0, 0.1) is 11.6 Å². The molecule has 0 aromatic heterocycles. The first-order valence-corrected chi connectivity index (χ1v) is 5.73. The Hall–Kier alpha value is -1.62. The maximum Gasteiger partial charge on any atom is 0.135 e. The Kier molecular flexibility index (Phi) is 4.15. The molecule has 0 radical (unpaired) electrons. The Morgan fingerprint density at radius 2 is 1.83 bits per heavy atom. The molecule has 1 aliphatic rings. The highest BCUT2D eigenvalue weighted by Gasteiger charge is 2.15. The number of benzene rings is 1. The zero-order valence-corrected chi connectivity index (χ0v) is 10.2. The van der Waals surface area contributed by atoms with E-state index in [9.17, 15) is 8.78 Å².